The van der Waals surface area contributed by atoms with Crippen LogP contribution in [-0.2, 0) is 4.74 Å². The Morgan fingerprint density at radius 1 is 1.11 bits per heavy atom. The molecule has 4 atom stereocenters. The maximum atomic E-state index is 13.2. The Morgan fingerprint density at radius 2 is 1.84 bits per heavy atom. The highest BCUT2D eigenvalue weighted by Gasteiger charge is 2.46. The molecular weight excluding hydrogens is 480 g/mol. The highest BCUT2D eigenvalue weighted by Crippen LogP contribution is 2.33. The van der Waals surface area contributed by atoms with Crippen molar-refractivity contribution in [3.05, 3.63) is 36.4 Å². The molecule has 12 heteroatoms. The lowest BCUT2D eigenvalue weighted by molar-refractivity contribution is -0.0440. The van der Waals surface area contributed by atoms with Gasteiger partial charge in [-0.05, 0) is 25.0 Å². The van der Waals surface area contributed by atoms with Gasteiger partial charge >= 0.3 is 0 Å². The molecular formula is C25H32N6O6. The number of anilines is 1. The van der Waals surface area contributed by atoms with Crippen LogP contribution >= 0.6 is 0 Å². The number of nitrogens with one attached hydrogen (secondary N) is 2. The van der Waals surface area contributed by atoms with Gasteiger partial charge < -0.3 is 35.1 Å². The summed E-state index contributed by atoms with van der Waals surface area (Å²) >= 11 is 0. The van der Waals surface area contributed by atoms with Crippen molar-refractivity contribution in [3.8, 4) is 11.5 Å². The molecule has 0 bridgehead atoms. The fraction of sp³-hybridized carbons (Fsp3) is 0.520. The molecule has 12 nitrogen and oxygen atoms in total. The number of methoxy groups -OCH3 is 2. The molecule has 1 aliphatic carbocycles. The van der Waals surface area contributed by atoms with E-state index in [1.54, 1.807) is 29.1 Å². The van der Waals surface area contributed by atoms with Gasteiger partial charge in [0.15, 0.2) is 23.2 Å². The van der Waals surface area contributed by atoms with E-state index in [4.69, 9.17) is 14.2 Å². The predicted molar refractivity (Wildman–Crippen MR) is 134 cm³/mol. The number of fused-ring (bicyclic) bond motifs is 1. The summed E-state index contributed by atoms with van der Waals surface area (Å²) in [4.78, 5) is 26.6. The fourth-order valence-electron chi connectivity index (χ4n) is 5.05. The van der Waals surface area contributed by atoms with Crippen LogP contribution in [0.15, 0.2) is 30.9 Å². The van der Waals surface area contributed by atoms with Crippen LogP contribution in [0.2, 0.25) is 0 Å². The predicted octanol–water partition coefficient (Wildman–Crippen LogP) is 1.64. The number of carbonyl (C=O) groups is 1. The van der Waals surface area contributed by atoms with Crippen molar-refractivity contribution in [1.29, 1.82) is 0 Å². The Bertz CT molecular complexity index is 1220. The molecule has 0 spiro atoms. The number of hydrogen-bond donors (Lipinski definition) is 4. The molecule has 4 N–H and O–H groups in total. The number of nitrogens with zero attached hydrogens (tertiary/aromatic N) is 4. The minimum atomic E-state index is -1.18. The first-order valence-electron chi connectivity index (χ1n) is 12.4. The van der Waals surface area contributed by atoms with E-state index in [1.807, 2.05) is 0 Å². The Morgan fingerprint density at radius 3 is 2.51 bits per heavy atom. The summed E-state index contributed by atoms with van der Waals surface area (Å²) in [5.74, 6) is 1.07. The highest BCUT2D eigenvalue weighted by molar-refractivity contribution is 5.95. The van der Waals surface area contributed by atoms with Crippen molar-refractivity contribution in [2.45, 2.75) is 62.6 Å². The second-order valence-electron chi connectivity index (χ2n) is 9.36. The third-order valence-corrected chi connectivity index (χ3v) is 7.04. The third-order valence-electron chi connectivity index (χ3n) is 7.04. The van der Waals surface area contributed by atoms with Crippen molar-refractivity contribution >= 4 is 22.9 Å². The van der Waals surface area contributed by atoms with E-state index >= 15 is 0 Å². The summed E-state index contributed by atoms with van der Waals surface area (Å²) in [5.41, 5.74) is 1.35. The number of aliphatic hydroxyl groups is 2. The number of hydrogen-bond acceptors (Lipinski definition) is 10. The number of carbonyl (C=O) groups excluding carboxylic acids is 1. The molecule has 2 aromatic heterocycles. The van der Waals surface area contributed by atoms with Crippen molar-refractivity contribution in [3.63, 3.8) is 0 Å². The molecule has 3 aromatic rings. The Hall–Kier alpha value is -3.48. The number of aromatic nitrogens is 4. The summed E-state index contributed by atoms with van der Waals surface area (Å²) in [6.07, 6.45) is 5.80. The quantitative estimate of drug-likeness (QED) is 0.350. The molecule has 2 fully saturated rings. The van der Waals surface area contributed by atoms with Gasteiger partial charge in [-0.15, -0.1) is 0 Å². The van der Waals surface area contributed by atoms with E-state index in [0.717, 1.165) is 12.8 Å². The van der Waals surface area contributed by atoms with Gasteiger partial charge in [0.25, 0.3) is 5.91 Å². The van der Waals surface area contributed by atoms with Gasteiger partial charge in [0.1, 0.15) is 36.1 Å². The van der Waals surface area contributed by atoms with Gasteiger partial charge in [-0.3, -0.25) is 9.36 Å². The van der Waals surface area contributed by atoms with Gasteiger partial charge in [0.2, 0.25) is 0 Å². The van der Waals surface area contributed by atoms with Gasteiger partial charge in [0, 0.05) is 17.7 Å². The van der Waals surface area contributed by atoms with Crippen molar-refractivity contribution in [2.75, 3.05) is 26.1 Å². The molecule has 3 heterocycles. The number of amides is 1. The van der Waals surface area contributed by atoms with E-state index in [2.05, 4.69) is 25.6 Å². The highest BCUT2D eigenvalue weighted by atomic mass is 16.5. The average molecular weight is 513 g/mol. The Labute approximate surface area is 214 Å². The fourth-order valence-corrected chi connectivity index (χ4v) is 5.05. The van der Waals surface area contributed by atoms with Crippen LogP contribution in [0.5, 0.6) is 11.5 Å². The normalized spacial score (nSPS) is 24.2. The van der Waals surface area contributed by atoms with E-state index in [0.29, 0.717) is 34.5 Å². The van der Waals surface area contributed by atoms with Crippen LogP contribution in [0.3, 0.4) is 0 Å². The smallest absolute Gasteiger partial charge is 0.252 e. The standard InChI is InChI=1S/C25H32N6O6/c1-35-16-8-14(9-17(10-16)36-2)24(34)30-19-21(33)18(11-32)37-25(19)31-13-28-20-22(26-12-27-23(20)31)29-15-6-4-3-5-7-15/h8-10,12-13,15,18-19,21,25,32-33H,3-7,11H2,1-2H3,(H,30,34)(H,26,27,29)/t18-,19-,21-,25-/m1/s1. The van der Waals surface area contributed by atoms with E-state index in [-0.39, 0.29) is 5.56 Å². The number of ether oxygens (including phenoxy) is 3. The maximum Gasteiger partial charge on any atom is 0.252 e. The lowest BCUT2D eigenvalue weighted by Crippen LogP contribution is -2.46. The van der Waals surface area contributed by atoms with Gasteiger partial charge in [-0.25, -0.2) is 15.0 Å². The third kappa shape index (κ3) is 5.04. The van der Waals surface area contributed by atoms with Gasteiger partial charge in [-0.1, -0.05) is 19.3 Å². The average Bonchev–Trinajstić information content (AvgIpc) is 3.50. The Kier molecular flexibility index (Phi) is 7.40. The number of rotatable bonds is 8. The SMILES string of the molecule is COc1cc(OC)cc(C(=O)N[C@@H]2[C@H](O)[C@@H](CO)O[C@H]2n2cnc3c(NC4CCCCC4)ncnc32)c1. The molecule has 1 amide bonds. The Balaban J connectivity index is 1.43. The number of imidazole rings is 1. The van der Waals surface area contributed by atoms with E-state index in [1.165, 1.54) is 39.8 Å². The summed E-state index contributed by atoms with van der Waals surface area (Å²) in [5, 5.41) is 27.1. The minimum absolute atomic E-state index is 0.284. The van der Waals surface area contributed by atoms with Crippen molar-refractivity contribution in [1.82, 2.24) is 24.8 Å². The molecule has 0 unspecified atom stereocenters. The monoisotopic (exact) mass is 512 g/mol. The van der Waals surface area contributed by atoms with Crippen LogP contribution in [0, 0.1) is 0 Å². The number of aliphatic hydroxyl groups excluding tert-OH is 2. The summed E-state index contributed by atoms with van der Waals surface area (Å²) < 4.78 is 18.2. The second kappa shape index (κ2) is 10.9. The lowest BCUT2D eigenvalue weighted by Gasteiger charge is -2.24. The van der Waals surface area contributed by atoms with Gasteiger partial charge in [0.05, 0.1) is 27.2 Å². The van der Waals surface area contributed by atoms with E-state index < -0.39 is 37.0 Å². The maximum absolute atomic E-state index is 13.2. The first-order valence-corrected chi connectivity index (χ1v) is 12.4. The molecule has 1 aliphatic heterocycles. The van der Waals surface area contributed by atoms with Gasteiger partial charge in [-0.2, -0.15) is 0 Å². The van der Waals surface area contributed by atoms with Crippen LogP contribution < -0.4 is 20.1 Å². The van der Waals surface area contributed by atoms with Crippen LogP contribution in [-0.4, -0.2) is 80.8 Å². The minimum Gasteiger partial charge on any atom is -0.497 e. The van der Waals surface area contributed by atoms with E-state index in [9.17, 15) is 15.0 Å². The molecule has 1 saturated carbocycles. The molecule has 198 valence electrons. The first kappa shape index (κ1) is 25.2. The number of benzene rings is 1. The van der Waals surface area contributed by atoms with Crippen LogP contribution in [0.1, 0.15) is 48.7 Å². The zero-order valence-corrected chi connectivity index (χ0v) is 20.8. The molecule has 1 aromatic carbocycles. The molecule has 0 radical (unpaired) electrons. The molecule has 5 rings (SSSR count). The van der Waals surface area contributed by atoms with Crippen molar-refractivity contribution < 1.29 is 29.2 Å². The topological polar surface area (TPSA) is 153 Å². The van der Waals surface area contributed by atoms with Crippen LogP contribution in [0.25, 0.3) is 11.2 Å². The summed E-state index contributed by atoms with van der Waals surface area (Å²) in [7, 11) is 2.99. The molecule has 1 saturated heterocycles. The molecule has 37 heavy (non-hydrogen) atoms. The molecule has 2 aliphatic rings. The summed E-state index contributed by atoms with van der Waals surface area (Å²) in [6, 6.07) is 4.23. The zero-order valence-electron chi connectivity index (χ0n) is 20.8. The van der Waals surface area contributed by atoms with Crippen LogP contribution in [0.4, 0.5) is 5.82 Å². The summed E-state index contributed by atoms with van der Waals surface area (Å²) in [6.45, 7) is -0.423. The zero-order chi connectivity index (χ0) is 25.9. The largest absolute Gasteiger partial charge is 0.497 e. The first-order chi connectivity index (χ1) is 18.0. The second-order valence-corrected chi connectivity index (χ2v) is 9.36. The lowest BCUT2D eigenvalue weighted by atomic mass is 9.95. The van der Waals surface area contributed by atoms with Crippen molar-refractivity contribution in [2.24, 2.45) is 0 Å².